The van der Waals surface area contributed by atoms with Crippen molar-refractivity contribution in [3.63, 3.8) is 0 Å². The van der Waals surface area contributed by atoms with Gasteiger partial charge in [-0.1, -0.05) is 224 Å². The number of hydrogen-bond donors (Lipinski definition) is 0. The van der Waals surface area contributed by atoms with Crippen molar-refractivity contribution >= 4 is 64.6 Å². The van der Waals surface area contributed by atoms with Gasteiger partial charge in [-0.25, -0.2) is 0 Å². The van der Waals surface area contributed by atoms with Crippen LogP contribution in [-0.4, -0.2) is 14.8 Å². The highest BCUT2D eigenvalue weighted by Crippen LogP contribution is 2.49. The highest BCUT2D eigenvalue weighted by molar-refractivity contribution is 6.25. The first-order chi connectivity index (χ1) is 35.2. The molecular weight excluding hydrogens is 859 g/mol. The first-order valence-electron chi connectivity index (χ1n) is 24.3. The van der Waals surface area contributed by atoms with Gasteiger partial charge in [-0.05, 0) is 146 Å². The quantitative estimate of drug-likeness (QED) is 0.149. The Labute approximate surface area is 411 Å². The normalized spacial score (nSPS) is 11.7. The lowest BCUT2D eigenvalue weighted by atomic mass is 9.82. The van der Waals surface area contributed by atoms with Gasteiger partial charge in [0.1, 0.15) is 0 Å². The number of rotatable bonds is 7. The zero-order valence-corrected chi connectivity index (χ0v) is 38.7. The van der Waals surface area contributed by atoms with Crippen LogP contribution in [-0.2, 0) is 0 Å². The van der Waals surface area contributed by atoms with Crippen molar-refractivity contribution in [2.45, 2.75) is 0 Å². The van der Waals surface area contributed by atoms with Gasteiger partial charge in [0.05, 0.1) is 0 Å². The molecule has 0 aliphatic carbocycles. The van der Waals surface area contributed by atoms with Crippen LogP contribution < -0.4 is 0 Å². The second-order valence-electron chi connectivity index (χ2n) is 18.5. The summed E-state index contributed by atoms with van der Waals surface area (Å²) in [6.45, 7) is 0. The Hall–Kier alpha value is -9.44. The summed E-state index contributed by atoms with van der Waals surface area (Å²) >= 11 is 0. The summed E-state index contributed by atoms with van der Waals surface area (Å²) in [5, 5.41) is 24.4. The van der Waals surface area contributed by atoms with E-state index in [1.165, 1.54) is 104 Å². The third-order valence-corrected chi connectivity index (χ3v) is 14.4. The highest BCUT2D eigenvalue weighted by Gasteiger charge is 2.23. The summed E-state index contributed by atoms with van der Waals surface area (Å²) < 4.78 is 2.17. The first kappa shape index (κ1) is 40.6. The van der Waals surface area contributed by atoms with Crippen LogP contribution in [0.2, 0.25) is 0 Å². The molecule has 0 spiro atoms. The molecule has 0 fully saturated rings. The lowest BCUT2D eigenvalue weighted by Crippen LogP contribution is -2.00. The molecular formula is C68H43N3. The van der Waals surface area contributed by atoms with Gasteiger partial charge >= 0.3 is 0 Å². The molecule has 0 atom stereocenters. The van der Waals surface area contributed by atoms with Gasteiger partial charge in [-0.15, -0.1) is 10.2 Å². The minimum absolute atomic E-state index is 0.788. The van der Waals surface area contributed by atoms with Crippen LogP contribution in [0.4, 0.5) is 0 Å². The van der Waals surface area contributed by atoms with E-state index in [1.807, 2.05) is 24.3 Å². The van der Waals surface area contributed by atoms with Gasteiger partial charge in [0, 0.05) is 16.8 Å². The minimum atomic E-state index is 0.788. The Morgan fingerprint density at radius 3 is 1.08 bits per heavy atom. The Morgan fingerprint density at radius 2 is 0.563 bits per heavy atom. The molecule has 0 amide bonds. The third-order valence-electron chi connectivity index (χ3n) is 14.4. The van der Waals surface area contributed by atoms with Gasteiger partial charge in [0.15, 0.2) is 11.6 Å². The van der Waals surface area contributed by atoms with Crippen molar-refractivity contribution in [2.75, 3.05) is 0 Å². The smallest absolute Gasteiger partial charge is 0.168 e. The zero-order valence-electron chi connectivity index (χ0n) is 38.7. The first-order valence-corrected chi connectivity index (χ1v) is 24.3. The lowest BCUT2D eigenvalue weighted by molar-refractivity contribution is 1.07. The molecule has 1 heterocycles. The summed E-state index contributed by atoms with van der Waals surface area (Å²) in [5.74, 6) is 1.59. The molecule has 0 unspecified atom stereocenters. The highest BCUT2D eigenvalue weighted by atomic mass is 15.3. The second kappa shape index (κ2) is 16.7. The number of fused-ring (bicyclic) bond motifs is 6. The maximum atomic E-state index is 4.89. The maximum absolute atomic E-state index is 4.89. The van der Waals surface area contributed by atoms with Crippen LogP contribution in [0.1, 0.15) is 0 Å². The molecule has 14 aromatic rings. The van der Waals surface area contributed by atoms with Crippen molar-refractivity contribution < 1.29 is 0 Å². The van der Waals surface area contributed by atoms with Crippen molar-refractivity contribution in [3.8, 4) is 73.0 Å². The molecule has 0 N–H and O–H groups in total. The molecule has 3 heteroatoms. The lowest BCUT2D eigenvalue weighted by Gasteiger charge is -2.21. The van der Waals surface area contributed by atoms with Crippen LogP contribution in [0.15, 0.2) is 261 Å². The number of hydrogen-bond acceptors (Lipinski definition) is 2. The predicted molar refractivity (Wildman–Crippen MR) is 299 cm³/mol. The van der Waals surface area contributed by atoms with E-state index in [0.717, 1.165) is 34.0 Å². The summed E-state index contributed by atoms with van der Waals surface area (Å²) in [6, 6.07) is 94.9. The number of aromatic nitrogens is 3. The van der Waals surface area contributed by atoms with Crippen molar-refractivity contribution in [1.29, 1.82) is 0 Å². The van der Waals surface area contributed by atoms with Gasteiger partial charge in [0.25, 0.3) is 0 Å². The fraction of sp³-hybridized carbons (Fsp3) is 0. The fourth-order valence-corrected chi connectivity index (χ4v) is 11.3. The fourth-order valence-electron chi connectivity index (χ4n) is 11.3. The van der Waals surface area contributed by atoms with Crippen molar-refractivity contribution in [1.82, 2.24) is 14.8 Å². The van der Waals surface area contributed by atoms with Crippen LogP contribution in [0.3, 0.4) is 0 Å². The topological polar surface area (TPSA) is 30.7 Å². The van der Waals surface area contributed by atoms with E-state index in [0.29, 0.717) is 0 Å². The summed E-state index contributed by atoms with van der Waals surface area (Å²) in [7, 11) is 0. The summed E-state index contributed by atoms with van der Waals surface area (Å²) in [6.07, 6.45) is 0. The largest absolute Gasteiger partial charge is 0.275 e. The van der Waals surface area contributed by atoms with E-state index >= 15 is 0 Å². The maximum Gasteiger partial charge on any atom is 0.168 e. The molecule has 14 rings (SSSR count). The molecule has 0 aliphatic heterocycles. The van der Waals surface area contributed by atoms with E-state index < -0.39 is 0 Å². The molecule has 1 aromatic heterocycles. The van der Waals surface area contributed by atoms with Crippen molar-refractivity contribution in [2.24, 2.45) is 0 Å². The monoisotopic (exact) mass is 901 g/mol. The third kappa shape index (κ3) is 6.74. The Kier molecular flexibility index (Phi) is 9.53. The molecule has 71 heavy (non-hydrogen) atoms. The molecule has 0 saturated heterocycles. The van der Waals surface area contributed by atoms with E-state index in [1.54, 1.807) is 0 Å². The second-order valence-corrected chi connectivity index (χ2v) is 18.5. The molecule has 13 aromatic carbocycles. The molecule has 0 bridgehead atoms. The minimum Gasteiger partial charge on any atom is -0.275 e. The average molecular weight is 902 g/mol. The molecule has 330 valence electrons. The van der Waals surface area contributed by atoms with Crippen molar-refractivity contribution in [3.05, 3.63) is 261 Å². The van der Waals surface area contributed by atoms with Crippen LogP contribution in [0, 0.1) is 0 Å². The van der Waals surface area contributed by atoms with Gasteiger partial charge in [-0.2, -0.15) is 0 Å². The van der Waals surface area contributed by atoms with E-state index in [-0.39, 0.29) is 0 Å². The Bertz CT molecular complexity index is 4340. The van der Waals surface area contributed by atoms with Crippen LogP contribution in [0.5, 0.6) is 0 Å². The van der Waals surface area contributed by atoms with E-state index in [4.69, 9.17) is 10.2 Å². The number of nitrogens with zero attached hydrogens (tertiary/aromatic N) is 3. The molecule has 0 radical (unpaired) electrons. The number of para-hydroxylation sites is 1. The summed E-state index contributed by atoms with van der Waals surface area (Å²) in [4.78, 5) is 0. The van der Waals surface area contributed by atoms with Gasteiger partial charge in [-0.3, -0.25) is 4.57 Å². The standard InChI is InChI=1S/C68H43N3/c1-3-20-46(21-4-1)67-69-70-68(71(67)54-26-5-2-6-27-54)53-25-17-24-49(42-53)63-55-28-11-13-30-57(55)65(58-31-14-12-29-56(58)63)52-38-39-61-62(43-52)66(51-37-35-45-19-8-10-23-48(45)41-51)60-33-16-15-32-59(60)64(61)50-36-34-44-18-7-9-22-47(44)40-50/h1-43H. The zero-order chi connectivity index (χ0) is 46.8. The molecule has 3 nitrogen and oxygen atoms in total. The Morgan fingerprint density at radius 1 is 0.211 bits per heavy atom. The van der Waals surface area contributed by atoms with Gasteiger partial charge in [0.2, 0.25) is 0 Å². The average Bonchev–Trinajstić information content (AvgIpc) is 3.89. The molecule has 0 saturated carbocycles. The van der Waals surface area contributed by atoms with Crippen LogP contribution in [0.25, 0.3) is 138 Å². The SMILES string of the molecule is c1ccc(-c2nnc(-c3cccc(-c4c5ccccc5c(-c5ccc6c(-c7ccc8ccccc8c7)c7ccccc7c(-c7ccc8ccccc8c7)c6c5)c5ccccc45)c3)n2-c2ccccc2)cc1. The van der Waals surface area contributed by atoms with Gasteiger partial charge < -0.3 is 0 Å². The van der Waals surface area contributed by atoms with Crippen LogP contribution >= 0.6 is 0 Å². The van der Waals surface area contributed by atoms with E-state index in [2.05, 4.69) is 241 Å². The summed E-state index contributed by atoms with van der Waals surface area (Å²) in [5.41, 5.74) is 12.6. The molecule has 0 aliphatic rings. The van der Waals surface area contributed by atoms with E-state index in [9.17, 15) is 0 Å². The number of benzene rings is 13. The predicted octanol–water partition coefficient (Wildman–Crippen LogP) is 18.2. The Balaban J connectivity index is 1.01.